The van der Waals surface area contributed by atoms with Gasteiger partial charge in [0, 0.05) is 44.5 Å². The lowest BCUT2D eigenvalue weighted by molar-refractivity contribution is 0.652. The minimum atomic E-state index is -0.223. The Labute approximate surface area is 407 Å². The van der Waals surface area contributed by atoms with E-state index in [1.807, 2.05) is 6.08 Å². The summed E-state index contributed by atoms with van der Waals surface area (Å²) in [6.45, 7) is 16.0. The maximum Gasteiger partial charge on any atom is 0.0541 e. The molecule has 1 aromatic heterocycles. The highest BCUT2D eigenvalue weighted by atomic mass is 15.1. The molecule has 2 nitrogen and oxygen atoms in total. The summed E-state index contributed by atoms with van der Waals surface area (Å²) in [4.78, 5) is 2.44. The zero-order chi connectivity index (χ0) is 47.0. The van der Waals surface area contributed by atoms with Gasteiger partial charge in [-0.1, -0.05) is 168 Å². The smallest absolute Gasteiger partial charge is 0.0541 e. The summed E-state index contributed by atoms with van der Waals surface area (Å²) in [6.07, 6.45) is 15.4. The number of hydrogen-bond donors (Lipinski definition) is 0. The Morgan fingerprint density at radius 1 is 0.522 bits per heavy atom. The molecule has 3 aliphatic rings. The summed E-state index contributed by atoms with van der Waals surface area (Å²) < 4.78 is 2.32. The molecule has 12 rings (SSSR count). The standard InChI is InChI=1S/C67H56N2/c1-7-19-55-57-40-48(32-39-64(57)69(63(55)8-2)49-24-16-11-17-25-49)46-30-35-51(36-31-46)68(50-33-28-45(29-34-50)44-20-12-9-13-21-44)52-37-38-54-56-42-62-58(43-61(56)67(5,6)60(54)41-52)65-53(47-22-14-10-15-23-47)26-18-27-59(65)66(62,3)4/h7-8,10-12,14-43H,2,9,13H2,1,3-6H3/b19-7-. The van der Waals surface area contributed by atoms with Crippen LogP contribution in [-0.4, -0.2) is 4.57 Å². The molecular weight excluding hydrogens is 833 g/mol. The van der Waals surface area contributed by atoms with Crippen LogP contribution < -0.4 is 4.90 Å². The van der Waals surface area contributed by atoms with E-state index in [4.69, 9.17) is 0 Å². The second-order valence-corrected chi connectivity index (χ2v) is 20.0. The molecule has 334 valence electrons. The molecule has 2 heteroatoms. The van der Waals surface area contributed by atoms with Gasteiger partial charge in [0.2, 0.25) is 0 Å². The molecular formula is C67H56N2. The Bertz CT molecular complexity index is 3590. The molecule has 9 aromatic rings. The summed E-state index contributed by atoms with van der Waals surface area (Å²) in [5.41, 5.74) is 26.0. The number of para-hydroxylation sites is 1. The molecule has 0 atom stereocenters. The molecule has 0 amide bonds. The Balaban J connectivity index is 0.956. The molecule has 0 saturated carbocycles. The van der Waals surface area contributed by atoms with Crippen LogP contribution >= 0.6 is 0 Å². The van der Waals surface area contributed by atoms with Crippen molar-refractivity contribution in [1.82, 2.24) is 4.57 Å². The van der Waals surface area contributed by atoms with Gasteiger partial charge < -0.3 is 9.47 Å². The molecule has 8 aromatic carbocycles. The van der Waals surface area contributed by atoms with Crippen molar-refractivity contribution in [2.75, 3.05) is 4.90 Å². The van der Waals surface area contributed by atoms with Gasteiger partial charge in [-0.15, -0.1) is 0 Å². The third-order valence-electron chi connectivity index (χ3n) is 15.3. The fraction of sp³-hybridized carbons (Fsp3) is 0.134. The summed E-state index contributed by atoms with van der Waals surface area (Å²) in [7, 11) is 0. The third-order valence-corrected chi connectivity index (χ3v) is 15.3. The van der Waals surface area contributed by atoms with E-state index in [0.717, 1.165) is 46.8 Å². The predicted octanol–water partition coefficient (Wildman–Crippen LogP) is 18.5. The van der Waals surface area contributed by atoms with E-state index in [2.05, 4.69) is 257 Å². The summed E-state index contributed by atoms with van der Waals surface area (Å²) >= 11 is 0. The van der Waals surface area contributed by atoms with Crippen molar-refractivity contribution >= 4 is 45.7 Å². The van der Waals surface area contributed by atoms with Crippen LogP contribution in [0.25, 0.3) is 78.8 Å². The number of aromatic nitrogens is 1. The summed E-state index contributed by atoms with van der Waals surface area (Å²) in [6, 6.07) is 65.8. The molecule has 0 N–H and O–H groups in total. The Morgan fingerprint density at radius 2 is 1.16 bits per heavy atom. The van der Waals surface area contributed by atoms with Crippen LogP contribution in [0.2, 0.25) is 0 Å². The molecule has 0 saturated heterocycles. The molecule has 0 fully saturated rings. The number of benzene rings is 8. The lowest BCUT2D eigenvalue weighted by Crippen LogP contribution is -2.17. The van der Waals surface area contributed by atoms with Crippen molar-refractivity contribution in [3.63, 3.8) is 0 Å². The second kappa shape index (κ2) is 16.4. The highest BCUT2D eigenvalue weighted by Gasteiger charge is 2.42. The van der Waals surface area contributed by atoms with Crippen LogP contribution in [0.1, 0.15) is 86.5 Å². The van der Waals surface area contributed by atoms with Gasteiger partial charge in [0.1, 0.15) is 0 Å². The highest BCUT2D eigenvalue weighted by Crippen LogP contribution is 2.58. The highest BCUT2D eigenvalue weighted by molar-refractivity contribution is 5.99. The maximum atomic E-state index is 4.25. The van der Waals surface area contributed by atoms with E-state index >= 15 is 0 Å². The number of hydrogen-bond acceptors (Lipinski definition) is 1. The number of anilines is 3. The van der Waals surface area contributed by atoms with E-state index in [1.165, 1.54) is 88.8 Å². The van der Waals surface area contributed by atoms with Crippen molar-refractivity contribution in [2.24, 2.45) is 0 Å². The van der Waals surface area contributed by atoms with Crippen molar-refractivity contribution < 1.29 is 0 Å². The van der Waals surface area contributed by atoms with Gasteiger partial charge >= 0.3 is 0 Å². The number of allylic oxidation sites excluding steroid dienone is 5. The molecule has 0 radical (unpaired) electrons. The minimum Gasteiger partial charge on any atom is -0.310 e. The lowest BCUT2D eigenvalue weighted by Gasteiger charge is -2.28. The summed E-state index contributed by atoms with van der Waals surface area (Å²) in [5, 5.41) is 1.20. The summed E-state index contributed by atoms with van der Waals surface area (Å²) in [5.74, 6) is 0. The normalized spacial score (nSPS) is 14.9. The zero-order valence-electron chi connectivity index (χ0n) is 40.2. The SMILES string of the molecule is C=Cc1c(/C=C\C)c2cc(-c3ccc(N(c4ccc(C5=CCCC=C5)cc4)c4ccc5c(c4)C(C)(C)c4cc6c(cc4-5)C(C)(C)c4cccc(-c5ccccc5)c4-6)cc3)ccc2n1-c1ccccc1. The molecule has 69 heavy (non-hydrogen) atoms. The quantitative estimate of drug-likeness (QED) is 0.140. The lowest BCUT2D eigenvalue weighted by atomic mass is 9.79. The average molecular weight is 889 g/mol. The first kappa shape index (κ1) is 42.4. The van der Waals surface area contributed by atoms with Crippen LogP contribution in [0.4, 0.5) is 17.1 Å². The van der Waals surface area contributed by atoms with E-state index in [0.29, 0.717) is 0 Å². The van der Waals surface area contributed by atoms with E-state index in [-0.39, 0.29) is 10.8 Å². The van der Waals surface area contributed by atoms with Crippen LogP contribution in [0.15, 0.2) is 207 Å². The van der Waals surface area contributed by atoms with Gasteiger partial charge in [-0.3, -0.25) is 0 Å². The van der Waals surface area contributed by atoms with Gasteiger partial charge in [0.25, 0.3) is 0 Å². The molecule has 0 unspecified atom stereocenters. The average Bonchev–Trinajstić information content (AvgIpc) is 3.92. The van der Waals surface area contributed by atoms with E-state index < -0.39 is 0 Å². The molecule has 3 aliphatic carbocycles. The van der Waals surface area contributed by atoms with Crippen molar-refractivity contribution in [3.8, 4) is 50.2 Å². The van der Waals surface area contributed by atoms with E-state index in [1.54, 1.807) is 0 Å². The van der Waals surface area contributed by atoms with Crippen molar-refractivity contribution in [3.05, 3.63) is 246 Å². The van der Waals surface area contributed by atoms with E-state index in [9.17, 15) is 0 Å². The fourth-order valence-corrected chi connectivity index (χ4v) is 11.8. The zero-order valence-corrected chi connectivity index (χ0v) is 40.2. The van der Waals surface area contributed by atoms with Gasteiger partial charge in [-0.25, -0.2) is 0 Å². The molecule has 0 bridgehead atoms. The van der Waals surface area contributed by atoms with Crippen LogP contribution in [-0.2, 0) is 10.8 Å². The van der Waals surface area contributed by atoms with Gasteiger partial charge in [0.15, 0.2) is 0 Å². The number of fused-ring (bicyclic) bond motifs is 7. The van der Waals surface area contributed by atoms with Crippen molar-refractivity contribution in [2.45, 2.75) is 58.3 Å². The largest absolute Gasteiger partial charge is 0.310 e. The van der Waals surface area contributed by atoms with Gasteiger partial charge in [-0.05, 0) is 177 Å². The predicted molar refractivity (Wildman–Crippen MR) is 295 cm³/mol. The molecule has 1 heterocycles. The number of nitrogens with zero attached hydrogens (tertiary/aromatic N) is 2. The first-order valence-electron chi connectivity index (χ1n) is 24.6. The van der Waals surface area contributed by atoms with Gasteiger partial charge in [-0.2, -0.15) is 0 Å². The minimum absolute atomic E-state index is 0.127. The van der Waals surface area contributed by atoms with Crippen LogP contribution in [0, 0.1) is 0 Å². The second-order valence-electron chi connectivity index (χ2n) is 20.0. The Kier molecular flexibility index (Phi) is 10.1. The first-order valence-corrected chi connectivity index (χ1v) is 24.6. The topological polar surface area (TPSA) is 8.17 Å². The number of rotatable bonds is 9. The van der Waals surface area contributed by atoms with Crippen LogP contribution in [0.5, 0.6) is 0 Å². The first-order chi connectivity index (χ1) is 33.6. The fourth-order valence-electron chi connectivity index (χ4n) is 11.8. The van der Waals surface area contributed by atoms with Gasteiger partial charge in [0.05, 0.1) is 11.2 Å². The Hall–Kier alpha value is -7.94. The Morgan fingerprint density at radius 3 is 1.86 bits per heavy atom. The third kappa shape index (κ3) is 6.76. The maximum absolute atomic E-state index is 4.25. The molecule has 0 aliphatic heterocycles. The monoisotopic (exact) mass is 888 g/mol. The molecule has 0 spiro atoms. The van der Waals surface area contributed by atoms with Crippen molar-refractivity contribution in [1.29, 1.82) is 0 Å². The van der Waals surface area contributed by atoms with Crippen LogP contribution in [0.3, 0.4) is 0 Å².